The van der Waals surface area contributed by atoms with Crippen LogP contribution in [0.2, 0.25) is 0 Å². The van der Waals surface area contributed by atoms with Gasteiger partial charge in [0.15, 0.2) is 0 Å². The molecule has 6 N–H and O–H groups in total. The van der Waals surface area contributed by atoms with Crippen molar-refractivity contribution in [1.29, 1.82) is 0 Å². The molecule has 0 fully saturated rings. The van der Waals surface area contributed by atoms with E-state index in [1.54, 1.807) is 38.1 Å². The molecule has 4 aromatic rings. The fourth-order valence-corrected chi connectivity index (χ4v) is 5.75. The lowest BCUT2D eigenvalue weighted by Gasteiger charge is -2.34. The number of rotatable bonds is 18. The first kappa shape index (κ1) is 40.1. The molecule has 11 nitrogen and oxygen atoms in total. The minimum Gasteiger partial charge on any atom is -0.445 e. The Kier molecular flexibility index (Phi) is 15.4. The molecule has 0 saturated heterocycles. The number of para-hydroxylation sites is 1. The van der Waals surface area contributed by atoms with Crippen molar-refractivity contribution in [2.45, 2.75) is 77.5 Å². The topological polar surface area (TPSA) is 158 Å². The number of aliphatic hydroxyl groups excluding tert-OH is 1. The summed E-state index contributed by atoms with van der Waals surface area (Å²) in [5.41, 5.74) is 3.05. The van der Waals surface area contributed by atoms with Gasteiger partial charge in [0, 0.05) is 12.2 Å². The average Bonchev–Trinajstić information content (AvgIpc) is 3.17. The Morgan fingerprint density at radius 2 is 1.04 bits per heavy atom. The van der Waals surface area contributed by atoms with Gasteiger partial charge in [-0.2, -0.15) is 0 Å². The number of amides is 4. The predicted molar refractivity (Wildman–Crippen MR) is 205 cm³/mol. The molecule has 0 aliphatic carbocycles. The van der Waals surface area contributed by atoms with Crippen LogP contribution in [-0.4, -0.2) is 59.2 Å². The molecule has 0 unspecified atom stereocenters. The molecule has 0 saturated carbocycles. The second-order valence-electron chi connectivity index (χ2n) is 13.6. The second-order valence-corrected chi connectivity index (χ2v) is 13.6. The molecular weight excluding hydrogens is 670 g/mol. The predicted octanol–water partition coefficient (Wildman–Crippen LogP) is 4.96. The monoisotopic (exact) mass is 721 g/mol. The Morgan fingerprint density at radius 1 is 0.566 bits per heavy atom. The fraction of sp³-hybridized carbons (Fsp3) is 0.333. The van der Waals surface area contributed by atoms with Gasteiger partial charge in [-0.1, -0.05) is 137 Å². The zero-order chi connectivity index (χ0) is 38.2. The Labute approximate surface area is 311 Å². The van der Waals surface area contributed by atoms with Crippen LogP contribution in [-0.2, 0) is 38.7 Å². The smallest absolute Gasteiger partial charge is 0.408 e. The van der Waals surface area contributed by atoms with Crippen LogP contribution >= 0.6 is 0 Å². The van der Waals surface area contributed by atoms with Gasteiger partial charge in [-0.25, -0.2) is 4.79 Å². The van der Waals surface area contributed by atoms with Crippen molar-refractivity contribution in [3.8, 4) is 0 Å². The van der Waals surface area contributed by atoms with E-state index < -0.39 is 48.2 Å². The Balaban J connectivity index is 1.57. The summed E-state index contributed by atoms with van der Waals surface area (Å²) in [5.74, 6) is -2.20. The number of hydrogen-bond donors (Lipinski definition) is 6. The highest BCUT2D eigenvalue weighted by molar-refractivity contribution is 5.92. The van der Waals surface area contributed by atoms with Gasteiger partial charge in [-0.3, -0.25) is 14.4 Å². The van der Waals surface area contributed by atoms with Crippen molar-refractivity contribution in [1.82, 2.24) is 21.3 Å². The van der Waals surface area contributed by atoms with Gasteiger partial charge < -0.3 is 36.4 Å². The molecule has 11 heteroatoms. The first-order valence-corrected chi connectivity index (χ1v) is 17.9. The number of benzene rings is 4. The van der Waals surface area contributed by atoms with Gasteiger partial charge in [0.2, 0.25) is 17.7 Å². The van der Waals surface area contributed by atoms with Crippen molar-refractivity contribution in [2.75, 3.05) is 5.32 Å². The maximum Gasteiger partial charge on any atom is 0.408 e. The van der Waals surface area contributed by atoms with E-state index in [1.165, 1.54) is 0 Å². The summed E-state index contributed by atoms with van der Waals surface area (Å²) in [5, 5.41) is 26.6. The van der Waals surface area contributed by atoms with Crippen molar-refractivity contribution in [3.05, 3.63) is 138 Å². The lowest BCUT2D eigenvalue weighted by atomic mass is 9.93. The number of carbonyl (C=O) groups excluding carboxylic acids is 4. The maximum atomic E-state index is 14.2. The molecule has 280 valence electrons. The Hall–Kier alpha value is -5.68. The Bertz CT molecular complexity index is 1720. The van der Waals surface area contributed by atoms with Crippen LogP contribution in [0.15, 0.2) is 121 Å². The molecule has 0 aliphatic heterocycles. The van der Waals surface area contributed by atoms with E-state index in [1.807, 2.05) is 111 Å². The lowest BCUT2D eigenvalue weighted by Crippen LogP contribution is -2.61. The van der Waals surface area contributed by atoms with Crippen molar-refractivity contribution < 1.29 is 29.0 Å². The summed E-state index contributed by atoms with van der Waals surface area (Å²) < 4.78 is 5.39. The van der Waals surface area contributed by atoms with E-state index in [0.717, 1.165) is 16.7 Å². The van der Waals surface area contributed by atoms with Gasteiger partial charge >= 0.3 is 6.09 Å². The number of hydrogen-bond acceptors (Lipinski definition) is 7. The molecule has 0 radical (unpaired) electrons. The summed E-state index contributed by atoms with van der Waals surface area (Å²) in [7, 11) is 0. The van der Waals surface area contributed by atoms with Gasteiger partial charge in [0.05, 0.1) is 6.04 Å². The molecule has 0 heterocycles. The third kappa shape index (κ3) is 12.8. The quantitative estimate of drug-likeness (QED) is 0.0848. The van der Waals surface area contributed by atoms with Gasteiger partial charge in [0.1, 0.15) is 30.8 Å². The van der Waals surface area contributed by atoms with E-state index in [-0.39, 0.29) is 37.3 Å². The standard InChI is InChI=1S/C42H51N5O6/c1-28(2)35(39(49)43-26-31-19-11-6-12-20-31)46-41(51)37(44-33-23-15-8-16-24-33)38(48)34(25-30-17-9-5-10-18-30)45-40(50)36(29(3)4)47-42(52)53-27-32-21-13-7-14-22-32/h5-24,28-29,34-38,44,48H,25-27H2,1-4H3,(H,43,49)(H,45,50)(H,46,51)(H,47,52)/t34-,35-,36-,37+,38+/m0/s1. The minimum absolute atomic E-state index is 0.0258. The van der Waals surface area contributed by atoms with Crippen LogP contribution in [0.4, 0.5) is 10.5 Å². The molecule has 4 rings (SSSR count). The SMILES string of the molecule is CC(C)[C@H](NC(=O)OCc1ccccc1)C(=O)N[C@@H](Cc1ccccc1)[C@@H](O)[C@@H](Nc1ccccc1)C(=O)N[C@H](C(=O)NCc1ccccc1)C(C)C. The van der Waals surface area contributed by atoms with Crippen molar-refractivity contribution in [2.24, 2.45) is 11.8 Å². The van der Waals surface area contributed by atoms with E-state index in [4.69, 9.17) is 4.74 Å². The molecule has 4 amide bonds. The van der Waals surface area contributed by atoms with E-state index in [9.17, 15) is 24.3 Å². The third-order valence-corrected chi connectivity index (χ3v) is 8.75. The summed E-state index contributed by atoms with van der Waals surface area (Å²) in [6, 6.07) is 32.5. The van der Waals surface area contributed by atoms with E-state index in [0.29, 0.717) is 5.69 Å². The number of carbonyl (C=O) groups is 4. The molecule has 0 spiro atoms. The molecule has 0 bridgehead atoms. The molecular formula is C42H51N5O6. The number of nitrogens with one attached hydrogen (secondary N) is 5. The molecule has 0 aromatic heterocycles. The van der Waals surface area contributed by atoms with Crippen molar-refractivity contribution >= 4 is 29.5 Å². The second kappa shape index (κ2) is 20.4. The van der Waals surface area contributed by atoms with Gasteiger partial charge in [-0.15, -0.1) is 0 Å². The van der Waals surface area contributed by atoms with E-state index in [2.05, 4.69) is 26.6 Å². The number of ether oxygens (including phenoxy) is 1. The average molecular weight is 722 g/mol. The van der Waals surface area contributed by atoms with Gasteiger partial charge in [0.25, 0.3) is 0 Å². The largest absolute Gasteiger partial charge is 0.445 e. The number of aliphatic hydroxyl groups is 1. The normalized spacial score (nSPS) is 13.9. The summed E-state index contributed by atoms with van der Waals surface area (Å²) >= 11 is 0. The molecule has 5 atom stereocenters. The van der Waals surface area contributed by atoms with Crippen LogP contribution in [0, 0.1) is 11.8 Å². The summed E-state index contributed by atoms with van der Waals surface area (Å²) in [6.45, 7) is 7.52. The molecule has 0 aliphatic rings. The highest BCUT2D eigenvalue weighted by Crippen LogP contribution is 2.17. The van der Waals surface area contributed by atoms with Crippen molar-refractivity contribution in [3.63, 3.8) is 0 Å². The van der Waals surface area contributed by atoms with Crippen LogP contribution < -0.4 is 26.6 Å². The van der Waals surface area contributed by atoms with Crippen LogP contribution in [0.3, 0.4) is 0 Å². The van der Waals surface area contributed by atoms with Crippen LogP contribution in [0.1, 0.15) is 44.4 Å². The molecule has 4 aromatic carbocycles. The van der Waals surface area contributed by atoms with Gasteiger partial charge in [-0.05, 0) is 47.1 Å². The Morgan fingerprint density at radius 3 is 1.58 bits per heavy atom. The zero-order valence-corrected chi connectivity index (χ0v) is 30.7. The highest BCUT2D eigenvalue weighted by Gasteiger charge is 2.38. The lowest BCUT2D eigenvalue weighted by molar-refractivity contribution is -0.132. The highest BCUT2D eigenvalue weighted by atomic mass is 16.5. The van der Waals surface area contributed by atoms with Crippen LogP contribution in [0.5, 0.6) is 0 Å². The minimum atomic E-state index is -1.50. The summed E-state index contributed by atoms with van der Waals surface area (Å²) in [6.07, 6.45) is -2.11. The molecule has 53 heavy (non-hydrogen) atoms. The first-order valence-electron chi connectivity index (χ1n) is 17.9. The zero-order valence-electron chi connectivity index (χ0n) is 30.7. The fourth-order valence-electron chi connectivity index (χ4n) is 5.75. The van der Waals surface area contributed by atoms with Crippen LogP contribution in [0.25, 0.3) is 0 Å². The van der Waals surface area contributed by atoms with E-state index >= 15 is 0 Å². The number of alkyl carbamates (subject to hydrolysis) is 1. The first-order chi connectivity index (χ1) is 25.5. The number of anilines is 1. The summed E-state index contributed by atoms with van der Waals surface area (Å²) in [4.78, 5) is 54.4. The maximum absolute atomic E-state index is 14.2. The third-order valence-electron chi connectivity index (χ3n) is 8.75.